The first kappa shape index (κ1) is 18.6. The molecule has 1 N–H and O–H groups in total. The van der Waals surface area contributed by atoms with Gasteiger partial charge in [0.15, 0.2) is 0 Å². The van der Waals surface area contributed by atoms with Crippen LogP contribution < -0.4 is 9.62 Å². The SMILES string of the molecule is Cc1ccc(N(CC(=O)NCc2ccc(Br)cc2F)S(=O)[O-])cc1. The number of carbonyl (C=O) groups excluding carboxylic acids is 1. The minimum absolute atomic E-state index is 0.0226. The van der Waals surface area contributed by atoms with Gasteiger partial charge in [-0.2, -0.15) is 0 Å². The predicted octanol–water partition coefficient (Wildman–Crippen LogP) is 2.81. The Labute approximate surface area is 150 Å². The van der Waals surface area contributed by atoms with Crippen LogP contribution >= 0.6 is 15.9 Å². The molecule has 0 fully saturated rings. The van der Waals surface area contributed by atoms with E-state index >= 15 is 0 Å². The fourth-order valence-electron chi connectivity index (χ4n) is 1.99. The zero-order valence-corrected chi connectivity index (χ0v) is 15.2. The predicted molar refractivity (Wildman–Crippen MR) is 93.4 cm³/mol. The fourth-order valence-corrected chi connectivity index (χ4v) is 2.84. The van der Waals surface area contributed by atoms with Crippen molar-refractivity contribution < 1.29 is 17.9 Å². The van der Waals surface area contributed by atoms with E-state index in [-0.39, 0.29) is 13.1 Å². The van der Waals surface area contributed by atoms with Crippen LogP contribution in [0.4, 0.5) is 10.1 Å². The van der Waals surface area contributed by atoms with Gasteiger partial charge in [0, 0.05) is 33.5 Å². The Bertz CT molecular complexity index is 755. The lowest BCUT2D eigenvalue weighted by atomic mass is 10.2. The average Bonchev–Trinajstić information content (AvgIpc) is 2.52. The largest absolute Gasteiger partial charge is 0.755 e. The van der Waals surface area contributed by atoms with E-state index in [4.69, 9.17) is 0 Å². The third kappa shape index (κ3) is 5.12. The molecular formula is C16H15BrFN2O3S-. The van der Waals surface area contributed by atoms with Gasteiger partial charge in [-0.3, -0.25) is 13.3 Å². The standard InChI is InChI=1S/C16H16BrFN2O3S/c1-11-2-6-14(7-3-11)20(24(22)23)10-16(21)19-9-12-4-5-13(17)8-15(12)18/h2-8H,9-10H2,1H3,(H,19,21)(H,22,23)/p-1. The Hall–Kier alpha value is -1.77. The van der Waals surface area contributed by atoms with E-state index in [9.17, 15) is 17.9 Å². The maximum Gasteiger partial charge on any atom is 0.240 e. The van der Waals surface area contributed by atoms with Crippen LogP contribution in [0.2, 0.25) is 0 Å². The second kappa shape index (κ2) is 8.36. The monoisotopic (exact) mass is 413 g/mol. The summed E-state index contributed by atoms with van der Waals surface area (Å²) in [6.07, 6.45) is 0. The molecule has 24 heavy (non-hydrogen) atoms. The van der Waals surface area contributed by atoms with Crippen LogP contribution in [0.5, 0.6) is 0 Å². The van der Waals surface area contributed by atoms with Gasteiger partial charge in [0.2, 0.25) is 5.91 Å². The molecule has 0 aromatic heterocycles. The number of benzene rings is 2. The van der Waals surface area contributed by atoms with Crippen LogP contribution in [0, 0.1) is 12.7 Å². The van der Waals surface area contributed by atoms with Gasteiger partial charge in [-0.25, -0.2) is 4.39 Å². The van der Waals surface area contributed by atoms with Crippen LogP contribution in [-0.4, -0.2) is 21.2 Å². The maximum absolute atomic E-state index is 13.7. The highest BCUT2D eigenvalue weighted by Gasteiger charge is 2.13. The van der Waals surface area contributed by atoms with Crippen LogP contribution in [0.3, 0.4) is 0 Å². The van der Waals surface area contributed by atoms with E-state index < -0.39 is 23.0 Å². The third-order valence-corrected chi connectivity index (χ3v) is 4.47. The summed E-state index contributed by atoms with van der Waals surface area (Å²) in [5.74, 6) is -0.977. The highest BCUT2D eigenvalue weighted by molar-refractivity contribution is 9.10. The topological polar surface area (TPSA) is 72.5 Å². The van der Waals surface area contributed by atoms with Gasteiger partial charge < -0.3 is 9.87 Å². The van der Waals surface area contributed by atoms with Crippen molar-refractivity contribution in [3.8, 4) is 0 Å². The first-order valence-corrected chi connectivity index (χ1v) is 8.83. The zero-order valence-electron chi connectivity index (χ0n) is 12.8. The van der Waals surface area contributed by atoms with E-state index in [0.29, 0.717) is 15.7 Å². The zero-order chi connectivity index (χ0) is 17.7. The van der Waals surface area contributed by atoms with E-state index in [1.54, 1.807) is 36.4 Å². The first-order chi connectivity index (χ1) is 11.4. The number of halogens is 2. The molecule has 0 radical (unpaired) electrons. The highest BCUT2D eigenvalue weighted by Crippen LogP contribution is 2.17. The normalized spacial score (nSPS) is 11.8. The van der Waals surface area contributed by atoms with Gasteiger partial charge in [-0.05, 0) is 31.2 Å². The average molecular weight is 414 g/mol. The Morgan fingerprint density at radius 3 is 2.54 bits per heavy atom. The molecule has 0 bridgehead atoms. The molecule has 0 aliphatic carbocycles. The molecule has 2 aromatic rings. The molecule has 0 saturated carbocycles. The molecule has 1 atom stereocenters. The van der Waals surface area contributed by atoms with Gasteiger partial charge in [0.05, 0.1) is 0 Å². The second-order valence-corrected chi connectivity index (χ2v) is 6.89. The lowest BCUT2D eigenvalue weighted by molar-refractivity contribution is -0.119. The Morgan fingerprint density at radius 1 is 1.29 bits per heavy atom. The highest BCUT2D eigenvalue weighted by atomic mass is 79.9. The minimum atomic E-state index is -2.59. The summed E-state index contributed by atoms with van der Waals surface area (Å²) in [6, 6.07) is 11.3. The number of amides is 1. The number of nitrogens with zero attached hydrogens (tertiary/aromatic N) is 1. The molecule has 1 unspecified atom stereocenters. The van der Waals surface area contributed by atoms with Gasteiger partial charge in [-0.15, -0.1) is 0 Å². The Kier molecular flexibility index (Phi) is 6.47. The molecule has 2 aromatic carbocycles. The van der Waals surface area contributed by atoms with Crippen molar-refractivity contribution in [3.63, 3.8) is 0 Å². The van der Waals surface area contributed by atoms with Crippen molar-refractivity contribution in [1.29, 1.82) is 0 Å². The van der Waals surface area contributed by atoms with Crippen LogP contribution in [0.1, 0.15) is 11.1 Å². The van der Waals surface area contributed by atoms with Crippen LogP contribution in [-0.2, 0) is 22.6 Å². The smallest absolute Gasteiger partial charge is 0.240 e. The van der Waals surface area contributed by atoms with E-state index in [1.807, 2.05) is 6.92 Å². The van der Waals surface area contributed by atoms with Gasteiger partial charge in [0.1, 0.15) is 12.4 Å². The van der Waals surface area contributed by atoms with Crippen LogP contribution in [0.15, 0.2) is 46.9 Å². The molecule has 8 heteroatoms. The summed E-state index contributed by atoms with van der Waals surface area (Å²) >= 11 is 0.558. The summed E-state index contributed by atoms with van der Waals surface area (Å²) in [5.41, 5.74) is 1.68. The molecule has 0 saturated heterocycles. The number of nitrogens with one attached hydrogen (secondary N) is 1. The number of aryl methyl sites for hydroxylation is 1. The summed E-state index contributed by atoms with van der Waals surface area (Å²) in [5, 5.41) is 2.52. The summed E-state index contributed by atoms with van der Waals surface area (Å²) < 4.78 is 38.0. The maximum atomic E-state index is 13.7. The summed E-state index contributed by atoms with van der Waals surface area (Å²) in [7, 11) is 0. The van der Waals surface area contributed by atoms with Crippen LogP contribution in [0.25, 0.3) is 0 Å². The molecule has 0 heterocycles. The van der Waals surface area contributed by atoms with Crippen molar-refractivity contribution in [2.75, 3.05) is 10.8 Å². The van der Waals surface area contributed by atoms with Crippen molar-refractivity contribution in [1.82, 2.24) is 5.32 Å². The molecule has 0 spiro atoms. The molecule has 2 rings (SSSR count). The molecule has 128 valence electrons. The molecule has 1 amide bonds. The fraction of sp³-hybridized carbons (Fsp3) is 0.188. The van der Waals surface area contributed by atoms with E-state index in [1.165, 1.54) is 6.07 Å². The second-order valence-electron chi connectivity index (χ2n) is 5.10. The van der Waals surface area contributed by atoms with Crippen molar-refractivity contribution in [2.24, 2.45) is 0 Å². The van der Waals surface area contributed by atoms with E-state index in [0.717, 1.165) is 9.87 Å². The summed E-state index contributed by atoms with van der Waals surface area (Å²) in [4.78, 5) is 12.0. The van der Waals surface area contributed by atoms with Gasteiger partial charge in [0.25, 0.3) is 0 Å². The quantitative estimate of drug-likeness (QED) is 0.739. The van der Waals surface area contributed by atoms with E-state index in [2.05, 4.69) is 21.2 Å². The molecule has 0 aliphatic heterocycles. The number of carbonyl (C=O) groups is 1. The number of rotatable bonds is 6. The van der Waals surface area contributed by atoms with Gasteiger partial charge >= 0.3 is 0 Å². The molecule has 0 aliphatic rings. The van der Waals surface area contributed by atoms with Crippen molar-refractivity contribution in [2.45, 2.75) is 13.5 Å². The molecule has 5 nitrogen and oxygen atoms in total. The minimum Gasteiger partial charge on any atom is -0.755 e. The molecular weight excluding hydrogens is 399 g/mol. The summed E-state index contributed by atoms with van der Waals surface area (Å²) in [6.45, 7) is 1.48. The van der Waals surface area contributed by atoms with Gasteiger partial charge in [-0.1, -0.05) is 39.7 Å². The van der Waals surface area contributed by atoms with Crippen molar-refractivity contribution in [3.05, 3.63) is 63.9 Å². The van der Waals surface area contributed by atoms with Crippen molar-refractivity contribution >= 4 is 38.8 Å². The third-order valence-electron chi connectivity index (χ3n) is 3.28. The lowest BCUT2D eigenvalue weighted by Crippen LogP contribution is -2.38. The number of hydrogen-bond donors (Lipinski definition) is 1. The number of hydrogen-bond acceptors (Lipinski definition) is 3. The number of anilines is 1. The Balaban J connectivity index is 2.00. The Morgan fingerprint density at radius 2 is 1.96 bits per heavy atom. The first-order valence-electron chi connectivity index (χ1n) is 7.01. The lowest BCUT2D eigenvalue weighted by Gasteiger charge is -2.25.